The van der Waals surface area contributed by atoms with Crippen molar-refractivity contribution in [1.82, 2.24) is 0 Å². The predicted molar refractivity (Wildman–Crippen MR) is 145 cm³/mol. The van der Waals surface area contributed by atoms with Gasteiger partial charge in [0.2, 0.25) is 0 Å². The van der Waals surface area contributed by atoms with Crippen molar-refractivity contribution in [3.63, 3.8) is 0 Å². The average molecular weight is 581 g/mol. The van der Waals surface area contributed by atoms with E-state index in [4.69, 9.17) is 9.11 Å². The monoisotopic (exact) mass is 580 g/mol. The molecule has 38 heavy (non-hydrogen) atoms. The molecular weight excluding hydrogens is 532 g/mol. The van der Waals surface area contributed by atoms with Crippen LogP contribution in [0.1, 0.15) is 105 Å². The summed E-state index contributed by atoms with van der Waals surface area (Å²) in [5, 5.41) is 20.3. The molecule has 3 fully saturated rings. The highest BCUT2D eigenvalue weighted by Gasteiger charge is 2.59. The highest BCUT2D eigenvalue weighted by molar-refractivity contribution is 7.94. The van der Waals surface area contributed by atoms with Crippen molar-refractivity contribution < 1.29 is 39.8 Å². The molecule has 0 amide bonds. The standard InChI is InChI=1S/C27H46O2.H2O7S2/c1-18(7-6-14-25(2,3)29)22-10-11-23-21-9-8-19-17-20(28)12-15-26(19,4)24(21)13-16-27(22,23)5;1-8(2,3)7-9(4,5)6/h8,18,20-24,28-29H,6-7,9-17H2,1-5H3;(H,1,2,3)(H,4,5,6)/t18?,20?,21-,22+,23-,24-,26-,27+;/m0./s1. The molecule has 0 radical (unpaired) electrons. The van der Waals surface area contributed by atoms with Crippen LogP contribution in [0.3, 0.4) is 0 Å². The quantitative estimate of drug-likeness (QED) is 0.237. The SMILES string of the molecule is CC(CCCC(C)(C)O)[C@H]1CC[C@H]2[C@@H]3CC=C4CC(O)CC[C@]4(C)[C@H]3CC[C@]12C.O=S(=O)(O)OS(=O)(=O)O. The van der Waals surface area contributed by atoms with Gasteiger partial charge in [-0.3, -0.25) is 9.11 Å². The molecule has 0 aliphatic heterocycles. The van der Waals surface area contributed by atoms with Gasteiger partial charge in [-0.05, 0) is 112 Å². The lowest BCUT2D eigenvalue weighted by atomic mass is 9.47. The highest BCUT2D eigenvalue weighted by atomic mass is 32.3. The Labute approximate surface area is 229 Å². The van der Waals surface area contributed by atoms with Gasteiger partial charge in [0.25, 0.3) is 0 Å². The molecule has 8 atom stereocenters. The maximum absolute atomic E-state index is 10.2. The Morgan fingerprint density at radius 3 is 2.21 bits per heavy atom. The van der Waals surface area contributed by atoms with Crippen LogP contribution in [0, 0.1) is 40.4 Å². The molecule has 11 heteroatoms. The molecule has 0 heterocycles. The molecule has 0 bridgehead atoms. The summed E-state index contributed by atoms with van der Waals surface area (Å²) in [5.74, 6) is 4.24. The summed E-state index contributed by atoms with van der Waals surface area (Å²) >= 11 is 0. The third-order valence-corrected chi connectivity index (χ3v) is 11.8. The Morgan fingerprint density at radius 1 is 1.03 bits per heavy atom. The van der Waals surface area contributed by atoms with Crippen molar-refractivity contribution in [2.45, 2.75) is 117 Å². The smallest absolute Gasteiger partial charge is 0.393 e. The number of hydrogen-bond donors (Lipinski definition) is 4. The second kappa shape index (κ2) is 11.4. The molecular formula is C27H48O9S2. The number of fused-ring (bicyclic) bond motifs is 5. The Bertz CT molecular complexity index is 1050. The molecule has 2 unspecified atom stereocenters. The number of rotatable bonds is 7. The molecule has 4 aliphatic rings. The van der Waals surface area contributed by atoms with E-state index in [0.717, 1.165) is 55.3 Å². The average Bonchev–Trinajstić information content (AvgIpc) is 3.08. The Morgan fingerprint density at radius 2 is 1.66 bits per heavy atom. The van der Waals surface area contributed by atoms with Crippen LogP contribution in [0.25, 0.3) is 0 Å². The molecule has 0 saturated heterocycles. The molecule has 4 N–H and O–H groups in total. The summed E-state index contributed by atoms with van der Waals surface area (Å²) < 4.78 is 55.6. The largest absolute Gasteiger partial charge is 0.413 e. The van der Waals surface area contributed by atoms with Crippen LogP contribution < -0.4 is 0 Å². The van der Waals surface area contributed by atoms with E-state index in [1.54, 1.807) is 5.57 Å². The fourth-order valence-electron chi connectivity index (χ4n) is 8.78. The van der Waals surface area contributed by atoms with Crippen LogP contribution in [-0.4, -0.2) is 47.9 Å². The lowest BCUT2D eigenvalue weighted by Crippen LogP contribution is -2.50. The van der Waals surface area contributed by atoms with Crippen LogP contribution in [0.4, 0.5) is 0 Å². The van der Waals surface area contributed by atoms with Gasteiger partial charge in [0.05, 0.1) is 11.7 Å². The first-order chi connectivity index (χ1) is 17.3. The summed E-state index contributed by atoms with van der Waals surface area (Å²) in [4.78, 5) is 0. The van der Waals surface area contributed by atoms with E-state index in [9.17, 15) is 27.0 Å². The minimum atomic E-state index is -5.12. The van der Waals surface area contributed by atoms with E-state index in [0.29, 0.717) is 10.8 Å². The van der Waals surface area contributed by atoms with Gasteiger partial charge in [-0.15, -0.1) is 3.63 Å². The second-order valence-electron chi connectivity index (χ2n) is 13.5. The van der Waals surface area contributed by atoms with Gasteiger partial charge in [-0.25, -0.2) is 0 Å². The minimum absolute atomic E-state index is 0.0969. The fraction of sp³-hybridized carbons (Fsp3) is 0.926. The van der Waals surface area contributed by atoms with Crippen LogP contribution in [0.2, 0.25) is 0 Å². The Balaban J connectivity index is 0.000000383. The molecule has 4 aliphatic carbocycles. The van der Waals surface area contributed by atoms with E-state index in [1.165, 1.54) is 44.9 Å². The molecule has 0 spiro atoms. The van der Waals surface area contributed by atoms with Gasteiger partial charge in [0, 0.05) is 0 Å². The summed E-state index contributed by atoms with van der Waals surface area (Å²) in [7, 11) is -10.2. The van der Waals surface area contributed by atoms with Gasteiger partial charge in [-0.2, -0.15) is 16.8 Å². The third-order valence-electron chi connectivity index (χ3n) is 10.5. The van der Waals surface area contributed by atoms with E-state index in [-0.39, 0.29) is 6.10 Å². The van der Waals surface area contributed by atoms with Crippen molar-refractivity contribution >= 4 is 20.8 Å². The summed E-state index contributed by atoms with van der Waals surface area (Å²) in [6.07, 6.45) is 15.9. The maximum Gasteiger partial charge on any atom is 0.413 e. The number of hydrogen-bond acceptors (Lipinski definition) is 7. The zero-order valence-electron chi connectivity index (χ0n) is 23.5. The van der Waals surface area contributed by atoms with Crippen LogP contribution >= 0.6 is 0 Å². The molecule has 0 aromatic rings. The fourth-order valence-corrected chi connectivity index (χ4v) is 9.65. The minimum Gasteiger partial charge on any atom is -0.393 e. The topological polar surface area (TPSA) is 158 Å². The maximum atomic E-state index is 10.2. The molecule has 0 aromatic carbocycles. The van der Waals surface area contributed by atoms with Crippen molar-refractivity contribution in [2.75, 3.05) is 0 Å². The first-order valence-electron chi connectivity index (χ1n) is 14.0. The van der Waals surface area contributed by atoms with Gasteiger partial charge < -0.3 is 10.2 Å². The van der Waals surface area contributed by atoms with E-state index < -0.39 is 26.4 Å². The lowest BCUT2D eigenvalue weighted by molar-refractivity contribution is -0.0575. The summed E-state index contributed by atoms with van der Waals surface area (Å²) in [5.41, 5.74) is 1.95. The van der Waals surface area contributed by atoms with Crippen LogP contribution in [0.15, 0.2) is 11.6 Å². The van der Waals surface area contributed by atoms with Crippen molar-refractivity contribution in [1.29, 1.82) is 0 Å². The van der Waals surface area contributed by atoms with Gasteiger partial charge in [0.15, 0.2) is 0 Å². The summed E-state index contributed by atoms with van der Waals surface area (Å²) in [6, 6.07) is 0. The number of aliphatic hydroxyl groups excluding tert-OH is 1. The van der Waals surface area contributed by atoms with Gasteiger partial charge in [0.1, 0.15) is 0 Å². The molecule has 0 aromatic heterocycles. The Hall–Kier alpha value is -0.560. The van der Waals surface area contributed by atoms with E-state index in [1.807, 2.05) is 13.8 Å². The molecule has 4 rings (SSSR count). The summed E-state index contributed by atoms with van der Waals surface area (Å²) in [6.45, 7) is 11.6. The van der Waals surface area contributed by atoms with Crippen LogP contribution in [-0.2, 0) is 24.4 Å². The zero-order valence-corrected chi connectivity index (χ0v) is 25.1. The Kier molecular flexibility index (Phi) is 9.56. The predicted octanol–water partition coefficient (Wildman–Crippen LogP) is 5.11. The van der Waals surface area contributed by atoms with Gasteiger partial charge >= 0.3 is 20.8 Å². The highest BCUT2D eigenvalue weighted by Crippen LogP contribution is 2.67. The van der Waals surface area contributed by atoms with E-state index in [2.05, 4.69) is 30.5 Å². The van der Waals surface area contributed by atoms with E-state index >= 15 is 0 Å². The zero-order chi connectivity index (χ0) is 28.7. The van der Waals surface area contributed by atoms with Crippen molar-refractivity contribution in [2.24, 2.45) is 40.4 Å². The first kappa shape index (κ1) is 32.0. The molecule has 222 valence electrons. The first-order valence-corrected chi connectivity index (χ1v) is 16.7. The molecule has 3 saturated carbocycles. The second-order valence-corrected chi connectivity index (χ2v) is 15.7. The normalized spacial score (nSPS) is 38.1. The van der Waals surface area contributed by atoms with Crippen molar-refractivity contribution in [3.8, 4) is 0 Å². The van der Waals surface area contributed by atoms with Crippen LogP contribution in [0.5, 0.6) is 0 Å². The third kappa shape index (κ3) is 7.59. The number of aliphatic hydroxyl groups is 2. The lowest BCUT2D eigenvalue weighted by Gasteiger charge is -2.58. The van der Waals surface area contributed by atoms with Crippen molar-refractivity contribution in [3.05, 3.63) is 11.6 Å². The number of allylic oxidation sites excluding steroid dienone is 1. The van der Waals surface area contributed by atoms with Gasteiger partial charge in [-0.1, -0.05) is 45.3 Å². The molecule has 9 nitrogen and oxygen atoms in total.